The minimum atomic E-state index is -0.0955. The standard InChI is InChI=1S/C12H21N3O2/c13-8-5-10(6-8)15-3-4-17-7-11(15)12(16)14-9-1-2-9/h8-11H,1-7,13H2,(H,14,16). The summed E-state index contributed by atoms with van der Waals surface area (Å²) in [6.45, 7) is 2.13. The van der Waals surface area contributed by atoms with E-state index in [1.165, 1.54) is 0 Å². The average Bonchev–Trinajstić information content (AvgIpc) is 3.09. The number of morpholine rings is 1. The summed E-state index contributed by atoms with van der Waals surface area (Å²) in [5, 5.41) is 3.08. The molecule has 0 aromatic carbocycles. The third kappa shape index (κ3) is 2.46. The number of ether oxygens (including phenoxy) is 1. The Morgan fingerprint density at radius 3 is 2.76 bits per heavy atom. The number of amides is 1. The molecule has 3 aliphatic rings. The zero-order chi connectivity index (χ0) is 11.8. The molecule has 1 saturated heterocycles. The SMILES string of the molecule is NC1CC(N2CCOCC2C(=O)NC2CC2)C1. The molecule has 96 valence electrons. The van der Waals surface area contributed by atoms with Gasteiger partial charge in [-0.3, -0.25) is 9.69 Å². The largest absolute Gasteiger partial charge is 0.378 e. The molecule has 0 spiro atoms. The van der Waals surface area contributed by atoms with Gasteiger partial charge in [0.1, 0.15) is 6.04 Å². The molecule has 0 radical (unpaired) electrons. The van der Waals surface area contributed by atoms with Gasteiger partial charge in [-0.1, -0.05) is 0 Å². The number of nitrogens with two attached hydrogens (primary N) is 1. The highest BCUT2D eigenvalue weighted by atomic mass is 16.5. The first-order chi connectivity index (χ1) is 8.24. The Balaban J connectivity index is 1.60. The number of hydrogen-bond donors (Lipinski definition) is 2. The summed E-state index contributed by atoms with van der Waals surface area (Å²) in [5.41, 5.74) is 5.83. The molecule has 0 aromatic rings. The van der Waals surface area contributed by atoms with Crippen molar-refractivity contribution in [1.82, 2.24) is 10.2 Å². The Morgan fingerprint density at radius 1 is 1.35 bits per heavy atom. The Morgan fingerprint density at radius 2 is 2.12 bits per heavy atom. The highest BCUT2D eigenvalue weighted by Gasteiger charge is 2.40. The first-order valence-corrected chi connectivity index (χ1v) is 6.63. The van der Waals surface area contributed by atoms with E-state index >= 15 is 0 Å². The predicted molar refractivity (Wildman–Crippen MR) is 63.5 cm³/mol. The quantitative estimate of drug-likeness (QED) is 0.694. The lowest BCUT2D eigenvalue weighted by atomic mass is 9.85. The molecule has 1 amide bonds. The van der Waals surface area contributed by atoms with Gasteiger partial charge in [0.15, 0.2) is 0 Å². The Labute approximate surface area is 102 Å². The second kappa shape index (κ2) is 4.55. The molecule has 0 aromatic heterocycles. The third-order valence-corrected chi connectivity index (χ3v) is 4.01. The topological polar surface area (TPSA) is 67.6 Å². The normalized spacial score (nSPS) is 38.5. The summed E-state index contributed by atoms with van der Waals surface area (Å²) in [6, 6.07) is 1.15. The number of nitrogens with one attached hydrogen (secondary N) is 1. The van der Waals surface area contributed by atoms with Crippen LogP contribution in [-0.2, 0) is 9.53 Å². The number of hydrogen-bond acceptors (Lipinski definition) is 4. The Hall–Kier alpha value is -0.650. The summed E-state index contributed by atoms with van der Waals surface area (Å²) in [5.74, 6) is 0.146. The lowest BCUT2D eigenvalue weighted by molar-refractivity contribution is -0.136. The summed E-state index contributed by atoms with van der Waals surface area (Å²) in [7, 11) is 0. The van der Waals surface area contributed by atoms with Gasteiger partial charge in [0.05, 0.1) is 13.2 Å². The van der Waals surface area contributed by atoms with Crippen molar-refractivity contribution in [3.63, 3.8) is 0 Å². The monoisotopic (exact) mass is 239 g/mol. The fraction of sp³-hybridized carbons (Fsp3) is 0.917. The van der Waals surface area contributed by atoms with Crippen molar-refractivity contribution in [2.75, 3.05) is 19.8 Å². The molecule has 1 unspecified atom stereocenters. The van der Waals surface area contributed by atoms with Crippen LogP contribution in [-0.4, -0.2) is 54.7 Å². The molecular formula is C12H21N3O2. The molecule has 3 N–H and O–H groups in total. The average molecular weight is 239 g/mol. The lowest BCUT2D eigenvalue weighted by Crippen LogP contribution is -2.62. The van der Waals surface area contributed by atoms with Crippen LogP contribution in [0.25, 0.3) is 0 Å². The molecule has 5 heteroatoms. The summed E-state index contributed by atoms with van der Waals surface area (Å²) < 4.78 is 5.45. The Kier molecular flexibility index (Phi) is 3.06. The van der Waals surface area contributed by atoms with E-state index in [2.05, 4.69) is 10.2 Å². The van der Waals surface area contributed by atoms with Crippen LogP contribution in [0.15, 0.2) is 0 Å². The van der Waals surface area contributed by atoms with Gasteiger partial charge in [0, 0.05) is 24.7 Å². The van der Waals surface area contributed by atoms with Gasteiger partial charge in [-0.05, 0) is 25.7 Å². The van der Waals surface area contributed by atoms with Gasteiger partial charge in [-0.2, -0.15) is 0 Å². The van der Waals surface area contributed by atoms with Crippen LogP contribution in [0.3, 0.4) is 0 Å². The van der Waals surface area contributed by atoms with Gasteiger partial charge >= 0.3 is 0 Å². The van der Waals surface area contributed by atoms with Crippen LogP contribution in [0.1, 0.15) is 25.7 Å². The smallest absolute Gasteiger partial charge is 0.239 e. The lowest BCUT2D eigenvalue weighted by Gasteiger charge is -2.46. The van der Waals surface area contributed by atoms with Crippen molar-refractivity contribution >= 4 is 5.91 Å². The van der Waals surface area contributed by atoms with Crippen LogP contribution in [0.4, 0.5) is 0 Å². The molecule has 17 heavy (non-hydrogen) atoms. The highest BCUT2D eigenvalue weighted by molar-refractivity contribution is 5.82. The fourth-order valence-corrected chi connectivity index (χ4v) is 2.71. The second-order valence-corrected chi connectivity index (χ2v) is 5.50. The molecule has 1 atom stereocenters. The van der Waals surface area contributed by atoms with Gasteiger partial charge in [0.2, 0.25) is 5.91 Å². The van der Waals surface area contributed by atoms with Crippen molar-refractivity contribution in [2.45, 2.75) is 49.9 Å². The van der Waals surface area contributed by atoms with Crippen molar-refractivity contribution < 1.29 is 9.53 Å². The van der Waals surface area contributed by atoms with E-state index in [0.29, 0.717) is 24.7 Å². The number of carbonyl (C=O) groups excluding carboxylic acids is 1. The van der Waals surface area contributed by atoms with Crippen molar-refractivity contribution in [2.24, 2.45) is 5.73 Å². The first-order valence-electron chi connectivity index (χ1n) is 6.63. The second-order valence-electron chi connectivity index (χ2n) is 5.50. The highest BCUT2D eigenvalue weighted by Crippen LogP contribution is 2.27. The molecule has 3 rings (SSSR count). The molecule has 3 fully saturated rings. The van der Waals surface area contributed by atoms with Crippen molar-refractivity contribution in [1.29, 1.82) is 0 Å². The Bertz CT molecular complexity index is 300. The van der Waals surface area contributed by atoms with E-state index < -0.39 is 0 Å². The maximum atomic E-state index is 12.1. The molecule has 0 bridgehead atoms. The zero-order valence-corrected chi connectivity index (χ0v) is 10.1. The van der Waals surface area contributed by atoms with E-state index in [4.69, 9.17) is 10.5 Å². The van der Waals surface area contributed by atoms with Crippen LogP contribution in [0, 0.1) is 0 Å². The minimum absolute atomic E-state index is 0.0955. The fourth-order valence-electron chi connectivity index (χ4n) is 2.71. The molecule has 1 aliphatic heterocycles. The summed E-state index contributed by atoms with van der Waals surface area (Å²) in [6.07, 6.45) is 4.31. The van der Waals surface area contributed by atoms with E-state index in [-0.39, 0.29) is 11.9 Å². The van der Waals surface area contributed by atoms with Gasteiger partial charge < -0.3 is 15.8 Å². The summed E-state index contributed by atoms with van der Waals surface area (Å²) in [4.78, 5) is 14.4. The maximum absolute atomic E-state index is 12.1. The first kappa shape index (κ1) is 11.4. The van der Waals surface area contributed by atoms with Crippen molar-refractivity contribution in [3.8, 4) is 0 Å². The molecule has 1 heterocycles. The van der Waals surface area contributed by atoms with Crippen LogP contribution in [0.5, 0.6) is 0 Å². The molecular weight excluding hydrogens is 218 g/mol. The van der Waals surface area contributed by atoms with E-state index in [1.54, 1.807) is 0 Å². The molecule has 2 aliphatic carbocycles. The van der Waals surface area contributed by atoms with Crippen LogP contribution in [0.2, 0.25) is 0 Å². The number of nitrogens with zero attached hydrogens (tertiary/aromatic N) is 1. The maximum Gasteiger partial charge on any atom is 0.239 e. The third-order valence-electron chi connectivity index (χ3n) is 4.01. The van der Waals surface area contributed by atoms with E-state index in [9.17, 15) is 4.79 Å². The van der Waals surface area contributed by atoms with Crippen LogP contribution >= 0.6 is 0 Å². The van der Waals surface area contributed by atoms with E-state index in [0.717, 1.165) is 38.8 Å². The van der Waals surface area contributed by atoms with Gasteiger partial charge in [-0.25, -0.2) is 0 Å². The van der Waals surface area contributed by atoms with Crippen molar-refractivity contribution in [3.05, 3.63) is 0 Å². The molecule has 5 nitrogen and oxygen atoms in total. The van der Waals surface area contributed by atoms with Gasteiger partial charge in [-0.15, -0.1) is 0 Å². The van der Waals surface area contributed by atoms with Crippen LogP contribution < -0.4 is 11.1 Å². The van der Waals surface area contributed by atoms with Gasteiger partial charge in [0.25, 0.3) is 0 Å². The summed E-state index contributed by atoms with van der Waals surface area (Å²) >= 11 is 0. The number of carbonyl (C=O) groups is 1. The predicted octanol–water partition coefficient (Wildman–Crippen LogP) is -0.544. The number of rotatable bonds is 3. The minimum Gasteiger partial charge on any atom is -0.378 e. The molecule has 2 saturated carbocycles. The van der Waals surface area contributed by atoms with E-state index in [1.807, 2.05) is 0 Å². The zero-order valence-electron chi connectivity index (χ0n) is 10.1.